The van der Waals surface area contributed by atoms with Crippen molar-refractivity contribution in [2.24, 2.45) is 0 Å². The van der Waals surface area contributed by atoms with E-state index in [9.17, 15) is 0 Å². The van der Waals surface area contributed by atoms with E-state index in [-0.39, 0.29) is 0 Å². The van der Waals surface area contributed by atoms with E-state index in [4.69, 9.17) is 18.9 Å². The number of benzene rings is 1. The Bertz CT molecular complexity index is 390. The van der Waals surface area contributed by atoms with Crippen molar-refractivity contribution in [3.63, 3.8) is 0 Å². The summed E-state index contributed by atoms with van der Waals surface area (Å²) >= 11 is 3.53. The molecule has 1 aromatic carbocycles. The van der Waals surface area contributed by atoms with Gasteiger partial charge in [-0.3, -0.25) is 0 Å². The fourth-order valence-electron chi connectivity index (χ4n) is 1.70. The molecule has 6 heteroatoms. The summed E-state index contributed by atoms with van der Waals surface area (Å²) in [7, 11) is 3.35. The molecule has 0 amide bonds. The van der Waals surface area contributed by atoms with Crippen LogP contribution in [0.25, 0.3) is 0 Å². The van der Waals surface area contributed by atoms with Gasteiger partial charge in [0.15, 0.2) is 0 Å². The van der Waals surface area contributed by atoms with Gasteiger partial charge in [0.2, 0.25) is 0 Å². The summed E-state index contributed by atoms with van der Waals surface area (Å²) in [5.74, 6) is 0.859. The van der Waals surface area contributed by atoms with Crippen molar-refractivity contribution >= 4 is 15.9 Å². The number of hydrogen-bond donors (Lipinski definition) is 1. The van der Waals surface area contributed by atoms with Gasteiger partial charge in [0, 0.05) is 32.9 Å². The van der Waals surface area contributed by atoms with Gasteiger partial charge in [-0.15, -0.1) is 0 Å². The monoisotopic (exact) mass is 361 g/mol. The first-order valence-corrected chi connectivity index (χ1v) is 7.75. The minimum atomic E-state index is 0.511. The van der Waals surface area contributed by atoms with Crippen molar-refractivity contribution in [1.29, 1.82) is 0 Å². The molecule has 1 aromatic rings. The SMILES string of the molecule is COCCNCc1cccc(Br)c1OCCOCCOC. The van der Waals surface area contributed by atoms with Gasteiger partial charge in [-0.1, -0.05) is 12.1 Å². The fourth-order valence-corrected chi connectivity index (χ4v) is 2.22. The number of nitrogens with one attached hydrogen (secondary N) is 1. The van der Waals surface area contributed by atoms with E-state index < -0.39 is 0 Å². The number of para-hydroxylation sites is 1. The molecule has 0 spiro atoms. The highest BCUT2D eigenvalue weighted by Crippen LogP contribution is 2.29. The summed E-state index contributed by atoms with van der Waals surface area (Å²) in [4.78, 5) is 0. The average Bonchev–Trinajstić information content (AvgIpc) is 2.49. The second kappa shape index (κ2) is 11.9. The van der Waals surface area contributed by atoms with Crippen molar-refractivity contribution in [2.75, 3.05) is 53.8 Å². The van der Waals surface area contributed by atoms with Crippen LogP contribution in [0.5, 0.6) is 5.75 Å². The van der Waals surface area contributed by atoms with Crippen LogP contribution in [0.1, 0.15) is 5.56 Å². The number of hydrogen-bond acceptors (Lipinski definition) is 5. The lowest BCUT2D eigenvalue weighted by Gasteiger charge is -2.14. The first-order chi connectivity index (χ1) is 10.3. The minimum Gasteiger partial charge on any atom is -0.490 e. The summed E-state index contributed by atoms with van der Waals surface area (Å²) in [5.41, 5.74) is 1.11. The number of rotatable bonds is 12. The highest BCUT2D eigenvalue weighted by atomic mass is 79.9. The zero-order valence-corrected chi connectivity index (χ0v) is 14.3. The second-order valence-electron chi connectivity index (χ2n) is 4.35. The lowest BCUT2D eigenvalue weighted by molar-refractivity contribution is 0.0541. The van der Waals surface area contributed by atoms with Gasteiger partial charge in [-0.2, -0.15) is 0 Å². The summed E-state index contributed by atoms with van der Waals surface area (Å²) < 4.78 is 22.1. The van der Waals surface area contributed by atoms with Gasteiger partial charge >= 0.3 is 0 Å². The molecule has 0 heterocycles. The maximum atomic E-state index is 5.82. The molecule has 0 unspecified atom stereocenters. The Balaban J connectivity index is 2.39. The quantitative estimate of drug-likeness (QED) is 0.578. The van der Waals surface area contributed by atoms with E-state index >= 15 is 0 Å². The first kappa shape index (κ1) is 18.4. The van der Waals surface area contributed by atoms with E-state index in [2.05, 4.69) is 21.2 Å². The second-order valence-corrected chi connectivity index (χ2v) is 5.21. The van der Waals surface area contributed by atoms with Crippen molar-refractivity contribution in [1.82, 2.24) is 5.32 Å². The molecule has 0 bridgehead atoms. The van der Waals surface area contributed by atoms with Gasteiger partial charge < -0.3 is 24.3 Å². The number of halogens is 1. The predicted octanol–water partition coefficient (Wildman–Crippen LogP) is 2.23. The number of ether oxygens (including phenoxy) is 4. The molecule has 0 saturated heterocycles. The molecule has 0 saturated carbocycles. The zero-order chi connectivity index (χ0) is 15.3. The van der Waals surface area contributed by atoms with Crippen LogP contribution in [-0.2, 0) is 20.8 Å². The molecule has 120 valence electrons. The standard InChI is InChI=1S/C15H24BrNO4/c1-18-7-6-17-12-13-4-3-5-14(16)15(13)21-11-10-20-9-8-19-2/h3-5,17H,6-12H2,1-2H3. The molecule has 0 aliphatic carbocycles. The van der Waals surface area contributed by atoms with E-state index in [0.29, 0.717) is 33.0 Å². The van der Waals surface area contributed by atoms with Gasteiger partial charge in [-0.05, 0) is 22.0 Å². The molecular weight excluding hydrogens is 338 g/mol. The Morgan fingerprint density at radius 2 is 1.76 bits per heavy atom. The normalized spacial score (nSPS) is 10.8. The van der Waals surface area contributed by atoms with Crippen LogP contribution in [0.2, 0.25) is 0 Å². The predicted molar refractivity (Wildman–Crippen MR) is 85.9 cm³/mol. The lowest BCUT2D eigenvalue weighted by atomic mass is 10.2. The average molecular weight is 362 g/mol. The largest absolute Gasteiger partial charge is 0.490 e. The van der Waals surface area contributed by atoms with Crippen LogP contribution < -0.4 is 10.1 Å². The third kappa shape index (κ3) is 7.78. The van der Waals surface area contributed by atoms with E-state index in [1.165, 1.54) is 0 Å². The molecule has 0 aliphatic rings. The molecule has 0 atom stereocenters. The van der Waals surface area contributed by atoms with Crippen molar-refractivity contribution < 1.29 is 18.9 Å². The van der Waals surface area contributed by atoms with Gasteiger partial charge in [0.25, 0.3) is 0 Å². The lowest BCUT2D eigenvalue weighted by Crippen LogP contribution is -2.19. The molecule has 0 aromatic heterocycles. The highest BCUT2D eigenvalue weighted by Gasteiger charge is 2.07. The van der Waals surface area contributed by atoms with Crippen LogP contribution in [0.3, 0.4) is 0 Å². The molecule has 21 heavy (non-hydrogen) atoms. The smallest absolute Gasteiger partial charge is 0.138 e. The summed E-state index contributed by atoms with van der Waals surface area (Å²) in [6.45, 7) is 4.48. The highest BCUT2D eigenvalue weighted by molar-refractivity contribution is 9.10. The summed E-state index contributed by atoms with van der Waals surface area (Å²) in [5, 5.41) is 3.31. The van der Waals surface area contributed by atoms with Crippen molar-refractivity contribution in [3.8, 4) is 5.75 Å². The summed E-state index contributed by atoms with van der Waals surface area (Å²) in [6, 6.07) is 6.02. The topological polar surface area (TPSA) is 49.0 Å². The van der Waals surface area contributed by atoms with Crippen LogP contribution >= 0.6 is 15.9 Å². The van der Waals surface area contributed by atoms with Crippen molar-refractivity contribution in [3.05, 3.63) is 28.2 Å². The molecule has 0 fully saturated rings. The van der Waals surface area contributed by atoms with Crippen molar-refractivity contribution in [2.45, 2.75) is 6.54 Å². The Hall–Kier alpha value is -0.660. The van der Waals surface area contributed by atoms with E-state index in [0.717, 1.165) is 28.9 Å². The van der Waals surface area contributed by atoms with E-state index in [1.807, 2.05) is 18.2 Å². The van der Waals surface area contributed by atoms with Gasteiger partial charge in [-0.25, -0.2) is 0 Å². The Labute approximate surface area is 135 Å². The fraction of sp³-hybridized carbons (Fsp3) is 0.600. The zero-order valence-electron chi connectivity index (χ0n) is 12.7. The van der Waals surface area contributed by atoms with Crippen LogP contribution in [0.4, 0.5) is 0 Å². The molecular formula is C15H24BrNO4. The molecule has 1 rings (SSSR count). The van der Waals surface area contributed by atoms with Crippen LogP contribution in [0, 0.1) is 0 Å². The van der Waals surface area contributed by atoms with Gasteiger partial charge in [0.1, 0.15) is 12.4 Å². The Morgan fingerprint density at radius 3 is 2.52 bits per heavy atom. The van der Waals surface area contributed by atoms with Crippen LogP contribution in [0.15, 0.2) is 22.7 Å². The Morgan fingerprint density at radius 1 is 1.00 bits per heavy atom. The minimum absolute atomic E-state index is 0.511. The first-order valence-electron chi connectivity index (χ1n) is 6.96. The number of methoxy groups -OCH3 is 2. The molecule has 0 radical (unpaired) electrons. The Kier molecular flexibility index (Phi) is 10.5. The maximum absolute atomic E-state index is 5.82. The third-order valence-electron chi connectivity index (χ3n) is 2.75. The van der Waals surface area contributed by atoms with E-state index in [1.54, 1.807) is 14.2 Å². The van der Waals surface area contributed by atoms with Crippen LogP contribution in [-0.4, -0.2) is 53.8 Å². The molecule has 1 N–H and O–H groups in total. The van der Waals surface area contributed by atoms with Gasteiger partial charge in [0.05, 0.1) is 30.9 Å². The third-order valence-corrected chi connectivity index (χ3v) is 3.38. The molecule has 5 nitrogen and oxygen atoms in total. The molecule has 0 aliphatic heterocycles. The maximum Gasteiger partial charge on any atom is 0.138 e. The summed E-state index contributed by atoms with van der Waals surface area (Å²) in [6.07, 6.45) is 0.